The normalized spacial score (nSPS) is 17.7. The molecule has 148 valence electrons. The molecule has 5 rings (SSSR count). The van der Waals surface area contributed by atoms with Crippen LogP contribution in [0.1, 0.15) is 34.6 Å². The minimum Gasteiger partial charge on any atom is -0.487 e. The highest BCUT2D eigenvalue weighted by atomic mass is 19.1. The number of rotatable bonds is 2. The van der Waals surface area contributed by atoms with E-state index in [0.29, 0.717) is 25.0 Å². The number of carboxylic acid groups (broad SMARTS) is 1. The molecule has 9 heteroatoms. The van der Waals surface area contributed by atoms with E-state index < -0.39 is 17.2 Å². The van der Waals surface area contributed by atoms with Gasteiger partial charge in [-0.05, 0) is 13.0 Å². The molecule has 1 atom stereocenters. The number of anilines is 1. The molecule has 4 heterocycles. The Morgan fingerprint density at radius 3 is 3.03 bits per heavy atom. The van der Waals surface area contributed by atoms with E-state index in [1.54, 1.807) is 10.8 Å². The summed E-state index contributed by atoms with van der Waals surface area (Å²) in [6, 6.07) is 0.926. The third-order valence-electron chi connectivity index (χ3n) is 5.55. The molecular formula is C20H17FN4O4. The number of hydrogen-bond acceptors (Lipinski definition) is 6. The van der Waals surface area contributed by atoms with Crippen molar-refractivity contribution in [3.8, 4) is 5.75 Å². The van der Waals surface area contributed by atoms with E-state index >= 15 is 4.39 Å². The predicted octanol–water partition coefficient (Wildman–Crippen LogP) is 2.14. The number of hydrogen-bond donors (Lipinski definition) is 1. The van der Waals surface area contributed by atoms with Gasteiger partial charge in [0.25, 0.3) is 0 Å². The van der Waals surface area contributed by atoms with Crippen LogP contribution in [0.15, 0.2) is 29.6 Å². The summed E-state index contributed by atoms with van der Waals surface area (Å²) in [6.45, 7) is 3.06. The highest BCUT2D eigenvalue weighted by Crippen LogP contribution is 2.42. The standard InChI is InChI=1S/C20H17FN4O4/c1-10-8-29-19-16-12(18(26)13(20(27)28)7-25(10)16)4-14(21)17(19)24-3-2-15-11(6-24)5-22-9-23-15/h4-5,7,9-10H,2-3,6,8H2,1H3,(H,27,28). The molecule has 0 aliphatic carbocycles. The second-order valence-electron chi connectivity index (χ2n) is 7.34. The summed E-state index contributed by atoms with van der Waals surface area (Å²) in [7, 11) is 0. The highest BCUT2D eigenvalue weighted by molar-refractivity contribution is 5.97. The molecule has 1 aromatic carbocycles. The lowest BCUT2D eigenvalue weighted by molar-refractivity contribution is 0.0694. The maximum absolute atomic E-state index is 15.2. The van der Waals surface area contributed by atoms with Gasteiger partial charge in [-0.1, -0.05) is 0 Å². The summed E-state index contributed by atoms with van der Waals surface area (Å²) in [5.74, 6) is -1.68. The van der Waals surface area contributed by atoms with Gasteiger partial charge in [0.2, 0.25) is 5.43 Å². The summed E-state index contributed by atoms with van der Waals surface area (Å²) in [6.07, 6.45) is 5.18. The Morgan fingerprint density at radius 1 is 1.41 bits per heavy atom. The topological polar surface area (TPSA) is 97.6 Å². The Morgan fingerprint density at radius 2 is 2.24 bits per heavy atom. The summed E-state index contributed by atoms with van der Waals surface area (Å²) >= 11 is 0. The van der Waals surface area contributed by atoms with E-state index in [9.17, 15) is 14.7 Å². The number of carbonyl (C=O) groups is 1. The van der Waals surface area contributed by atoms with Gasteiger partial charge in [-0.2, -0.15) is 0 Å². The molecule has 29 heavy (non-hydrogen) atoms. The van der Waals surface area contributed by atoms with Crippen molar-refractivity contribution in [1.82, 2.24) is 14.5 Å². The summed E-state index contributed by atoms with van der Waals surface area (Å²) in [5.41, 5.74) is 1.44. The lowest BCUT2D eigenvalue weighted by Crippen LogP contribution is -2.34. The first kappa shape index (κ1) is 17.6. The van der Waals surface area contributed by atoms with Crippen LogP contribution in [0, 0.1) is 5.82 Å². The Hall–Kier alpha value is -3.49. The third kappa shape index (κ3) is 2.57. The van der Waals surface area contributed by atoms with Gasteiger partial charge < -0.3 is 19.3 Å². The van der Waals surface area contributed by atoms with Gasteiger partial charge in [-0.15, -0.1) is 0 Å². The fraction of sp³-hybridized carbons (Fsp3) is 0.300. The average Bonchev–Trinajstić information content (AvgIpc) is 2.71. The Labute approximate surface area is 164 Å². The zero-order chi connectivity index (χ0) is 20.3. The molecule has 1 N–H and O–H groups in total. The Bertz CT molecular complexity index is 1240. The van der Waals surface area contributed by atoms with Crippen LogP contribution >= 0.6 is 0 Å². The third-order valence-corrected chi connectivity index (χ3v) is 5.55. The molecule has 2 aliphatic heterocycles. The molecule has 0 fully saturated rings. The molecule has 0 spiro atoms. The molecular weight excluding hydrogens is 379 g/mol. The van der Waals surface area contributed by atoms with Crippen molar-refractivity contribution >= 4 is 22.6 Å². The molecule has 8 nitrogen and oxygen atoms in total. The van der Waals surface area contributed by atoms with Crippen molar-refractivity contribution in [2.45, 2.75) is 25.9 Å². The number of ether oxygens (including phenoxy) is 1. The lowest BCUT2D eigenvalue weighted by atomic mass is 10.0. The number of aromatic nitrogens is 3. The van der Waals surface area contributed by atoms with E-state index in [4.69, 9.17) is 4.74 Å². The monoisotopic (exact) mass is 396 g/mol. The summed E-state index contributed by atoms with van der Waals surface area (Å²) in [5, 5.41) is 9.39. The molecule has 0 saturated carbocycles. The second-order valence-corrected chi connectivity index (χ2v) is 7.34. The molecule has 0 radical (unpaired) electrons. The van der Waals surface area contributed by atoms with Crippen LogP contribution in [0.2, 0.25) is 0 Å². The van der Waals surface area contributed by atoms with Crippen molar-refractivity contribution in [1.29, 1.82) is 0 Å². The van der Waals surface area contributed by atoms with Crippen molar-refractivity contribution in [2.75, 3.05) is 18.1 Å². The van der Waals surface area contributed by atoms with Gasteiger partial charge in [0.1, 0.15) is 24.2 Å². The van der Waals surface area contributed by atoms with E-state index in [-0.39, 0.29) is 35.0 Å². The Balaban J connectivity index is 1.75. The number of halogens is 1. The molecule has 2 aromatic heterocycles. The number of carboxylic acids is 1. The first-order valence-electron chi connectivity index (χ1n) is 9.26. The van der Waals surface area contributed by atoms with Crippen LogP contribution in [-0.4, -0.2) is 38.8 Å². The van der Waals surface area contributed by atoms with Crippen LogP contribution in [0.25, 0.3) is 10.9 Å². The maximum atomic E-state index is 15.2. The van der Waals surface area contributed by atoms with E-state index in [0.717, 1.165) is 17.3 Å². The quantitative estimate of drug-likeness (QED) is 0.709. The largest absolute Gasteiger partial charge is 0.487 e. The highest BCUT2D eigenvalue weighted by Gasteiger charge is 2.31. The molecule has 0 bridgehead atoms. The number of fused-ring (bicyclic) bond motifs is 1. The zero-order valence-corrected chi connectivity index (χ0v) is 15.6. The molecule has 1 unspecified atom stereocenters. The fourth-order valence-corrected chi connectivity index (χ4v) is 4.12. The van der Waals surface area contributed by atoms with Gasteiger partial charge >= 0.3 is 5.97 Å². The van der Waals surface area contributed by atoms with Crippen LogP contribution in [0.3, 0.4) is 0 Å². The summed E-state index contributed by atoms with van der Waals surface area (Å²) < 4.78 is 22.8. The number of aromatic carboxylic acids is 1. The predicted molar refractivity (Wildman–Crippen MR) is 102 cm³/mol. The van der Waals surface area contributed by atoms with Crippen molar-refractivity contribution < 1.29 is 19.0 Å². The minimum atomic E-state index is -1.34. The zero-order valence-electron chi connectivity index (χ0n) is 15.6. The first-order valence-corrected chi connectivity index (χ1v) is 9.26. The van der Waals surface area contributed by atoms with E-state index in [2.05, 4.69) is 9.97 Å². The summed E-state index contributed by atoms with van der Waals surface area (Å²) in [4.78, 5) is 34.4. The smallest absolute Gasteiger partial charge is 0.341 e. The second kappa shape index (κ2) is 6.26. The van der Waals surface area contributed by atoms with Crippen molar-refractivity contribution in [3.05, 3.63) is 57.6 Å². The first-order chi connectivity index (χ1) is 14.0. The number of nitrogens with zero attached hydrogens (tertiary/aromatic N) is 4. The van der Waals surface area contributed by atoms with Crippen molar-refractivity contribution in [2.24, 2.45) is 0 Å². The van der Waals surface area contributed by atoms with Gasteiger partial charge in [-0.3, -0.25) is 4.79 Å². The number of benzene rings is 1. The lowest BCUT2D eigenvalue weighted by Gasteiger charge is -2.34. The maximum Gasteiger partial charge on any atom is 0.341 e. The molecule has 3 aromatic rings. The fourth-order valence-electron chi connectivity index (χ4n) is 4.12. The van der Waals surface area contributed by atoms with Crippen LogP contribution in [-0.2, 0) is 13.0 Å². The molecule has 0 amide bonds. The molecule has 2 aliphatic rings. The Kier molecular flexibility index (Phi) is 3.80. The average molecular weight is 396 g/mol. The van der Waals surface area contributed by atoms with Gasteiger partial charge in [0.05, 0.1) is 22.6 Å². The van der Waals surface area contributed by atoms with Crippen LogP contribution in [0.5, 0.6) is 5.75 Å². The van der Waals surface area contributed by atoms with Crippen molar-refractivity contribution in [3.63, 3.8) is 0 Å². The van der Waals surface area contributed by atoms with Crippen LogP contribution in [0.4, 0.5) is 10.1 Å². The van der Waals surface area contributed by atoms with Crippen LogP contribution < -0.4 is 15.1 Å². The minimum absolute atomic E-state index is 0.00782. The number of pyridine rings is 1. The van der Waals surface area contributed by atoms with E-state index in [1.165, 1.54) is 12.5 Å². The SMILES string of the molecule is CC1COc2c(N3CCc4ncncc4C3)c(F)cc3c(=O)c(C(=O)O)cn1c23. The van der Waals surface area contributed by atoms with Gasteiger partial charge in [-0.25, -0.2) is 19.2 Å². The van der Waals surface area contributed by atoms with E-state index in [1.807, 2.05) is 11.8 Å². The van der Waals surface area contributed by atoms with Gasteiger partial charge in [0.15, 0.2) is 11.6 Å². The molecule has 0 saturated heterocycles. The van der Waals surface area contributed by atoms with Gasteiger partial charge in [0, 0.05) is 37.5 Å².